The number of aromatic nitrogens is 3. The summed E-state index contributed by atoms with van der Waals surface area (Å²) >= 11 is 0. The number of aromatic amines is 1. The number of rotatable bonds is 5. The van der Waals surface area contributed by atoms with Crippen LogP contribution in [0.5, 0.6) is 0 Å². The van der Waals surface area contributed by atoms with Crippen molar-refractivity contribution in [2.45, 2.75) is 19.0 Å². The molecule has 162 valence electrons. The molecule has 3 heterocycles. The van der Waals surface area contributed by atoms with E-state index >= 15 is 0 Å². The van der Waals surface area contributed by atoms with E-state index in [0.717, 1.165) is 55.6 Å². The van der Waals surface area contributed by atoms with Crippen molar-refractivity contribution in [3.8, 4) is 22.6 Å². The van der Waals surface area contributed by atoms with E-state index in [2.05, 4.69) is 24.8 Å². The van der Waals surface area contributed by atoms with Crippen LogP contribution in [0, 0.1) is 5.92 Å². The van der Waals surface area contributed by atoms with Crippen molar-refractivity contribution in [3.05, 3.63) is 54.4 Å². The van der Waals surface area contributed by atoms with Gasteiger partial charge in [0.25, 0.3) is 0 Å². The minimum atomic E-state index is -4.37. The lowest BCUT2D eigenvalue weighted by atomic mass is 10.1. The number of pyridine rings is 1. The predicted octanol–water partition coefficient (Wildman–Crippen LogP) is 4.69. The lowest BCUT2D eigenvalue weighted by Crippen LogP contribution is -2.47. The summed E-state index contributed by atoms with van der Waals surface area (Å²) in [5.41, 5.74) is 1.19. The summed E-state index contributed by atoms with van der Waals surface area (Å²) in [6.45, 7) is 5.19. The Morgan fingerprint density at radius 1 is 0.968 bits per heavy atom. The third kappa shape index (κ3) is 4.58. The van der Waals surface area contributed by atoms with Gasteiger partial charge >= 0.3 is 6.18 Å². The molecular weight excluding hydrogens is 403 g/mol. The van der Waals surface area contributed by atoms with Crippen LogP contribution in [0.15, 0.2) is 48.8 Å². The van der Waals surface area contributed by atoms with E-state index < -0.39 is 11.7 Å². The predicted molar refractivity (Wildman–Crippen MR) is 114 cm³/mol. The molecule has 1 N–H and O–H groups in total. The number of nitrogens with zero attached hydrogens (tertiary/aromatic N) is 4. The van der Waals surface area contributed by atoms with Crippen molar-refractivity contribution >= 4 is 5.82 Å². The number of benzene rings is 1. The number of H-pyrrole nitrogens is 1. The molecule has 1 aromatic carbocycles. The van der Waals surface area contributed by atoms with Gasteiger partial charge in [0.15, 0.2) is 0 Å². The summed E-state index contributed by atoms with van der Waals surface area (Å²) in [6.07, 6.45) is 1.70. The first kappa shape index (κ1) is 20.1. The number of hydrogen-bond donors (Lipinski definition) is 1. The van der Waals surface area contributed by atoms with Gasteiger partial charge in [-0.15, -0.1) is 0 Å². The highest BCUT2D eigenvalue weighted by Gasteiger charge is 2.30. The minimum Gasteiger partial charge on any atom is -0.354 e. The number of piperazine rings is 1. The molecule has 2 aromatic heterocycles. The van der Waals surface area contributed by atoms with Crippen LogP contribution in [0.25, 0.3) is 22.6 Å². The maximum atomic E-state index is 13.0. The maximum Gasteiger partial charge on any atom is 0.416 e. The second-order valence-corrected chi connectivity index (χ2v) is 8.36. The Bertz CT molecular complexity index is 1050. The van der Waals surface area contributed by atoms with E-state index in [9.17, 15) is 13.2 Å². The zero-order valence-corrected chi connectivity index (χ0v) is 17.1. The highest BCUT2D eigenvalue weighted by atomic mass is 19.4. The Labute approximate surface area is 178 Å². The number of alkyl halides is 3. The van der Waals surface area contributed by atoms with E-state index in [0.29, 0.717) is 17.1 Å². The van der Waals surface area contributed by atoms with Gasteiger partial charge in [0.2, 0.25) is 0 Å². The minimum absolute atomic E-state index is 0.453. The molecule has 0 bridgehead atoms. The van der Waals surface area contributed by atoms with Crippen LogP contribution in [-0.4, -0.2) is 52.6 Å². The second kappa shape index (κ2) is 8.00. The Kier molecular flexibility index (Phi) is 5.17. The number of nitrogens with one attached hydrogen (secondary N) is 1. The van der Waals surface area contributed by atoms with Gasteiger partial charge in [-0.2, -0.15) is 13.2 Å². The number of anilines is 1. The highest BCUT2D eigenvalue weighted by Crippen LogP contribution is 2.33. The van der Waals surface area contributed by atoms with E-state index in [1.54, 1.807) is 18.5 Å². The molecular formula is C23H24F3N5. The lowest BCUT2D eigenvalue weighted by molar-refractivity contribution is -0.137. The Morgan fingerprint density at radius 2 is 1.77 bits per heavy atom. The van der Waals surface area contributed by atoms with Crippen molar-refractivity contribution < 1.29 is 13.2 Å². The molecule has 1 saturated carbocycles. The van der Waals surface area contributed by atoms with Crippen LogP contribution in [0.4, 0.5) is 19.0 Å². The molecule has 5 nitrogen and oxygen atoms in total. The number of halogens is 3. The molecule has 1 aliphatic carbocycles. The molecule has 2 fully saturated rings. The van der Waals surface area contributed by atoms with Crippen LogP contribution in [0.3, 0.4) is 0 Å². The van der Waals surface area contributed by atoms with Crippen LogP contribution < -0.4 is 4.90 Å². The van der Waals surface area contributed by atoms with Crippen LogP contribution in [0.2, 0.25) is 0 Å². The summed E-state index contributed by atoms with van der Waals surface area (Å²) in [6, 6.07) is 9.11. The van der Waals surface area contributed by atoms with E-state index in [1.165, 1.54) is 25.5 Å². The summed E-state index contributed by atoms with van der Waals surface area (Å²) in [5.74, 6) is 2.42. The van der Waals surface area contributed by atoms with Gasteiger partial charge in [-0.05, 0) is 43.0 Å². The smallest absolute Gasteiger partial charge is 0.354 e. The third-order valence-electron chi connectivity index (χ3n) is 6.01. The Balaban J connectivity index is 1.31. The lowest BCUT2D eigenvalue weighted by Gasteiger charge is -2.35. The van der Waals surface area contributed by atoms with Gasteiger partial charge in [0.1, 0.15) is 11.6 Å². The molecule has 0 atom stereocenters. The van der Waals surface area contributed by atoms with E-state index in [-0.39, 0.29) is 0 Å². The Hall–Kier alpha value is -2.87. The second-order valence-electron chi connectivity index (χ2n) is 8.36. The quantitative estimate of drug-likeness (QED) is 0.642. The number of imidazole rings is 1. The van der Waals surface area contributed by atoms with Gasteiger partial charge in [0.05, 0.1) is 17.5 Å². The molecule has 31 heavy (non-hydrogen) atoms. The van der Waals surface area contributed by atoms with Gasteiger partial charge in [0, 0.05) is 50.0 Å². The molecule has 1 aliphatic heterocycles. The largest absolute Gasteiger partial charge is 0.416 e. The first-order chi connectivity index (χ1) is 15.0. The molecule has 0 unspecified atom stereocenters. The highest BCUT2D eigenvalue weighted by molar-refractivity contribution is 5.66. The van der Waals surface area contributed by atoms with Crippen LogP contribution in [-0.2, 0) is 6.18 Å². The van der Waals surface area contributed by atoms with Crippen molar-refractivity contribution in [2.24, 2.45) is 5.92 Å². The van der Waals surface area contributed by atoms with Gasteiger partial charge in [-0.1, -0.05) is 12.1 Å². The average molecular weight is 427 g/mol. The zero-order valence-electron chi connectivity index (χ0n) is 17.1. The SMILES string of the molecule is FC(F)(F)c1cccc(-c2cnc(-c3ccnc(N4CCN(CC5CC5)CC4)c3)[nH]2)c1. The van der Waals surface area contributed by atoms with E-state index in [4.69, 9.17) is 0 Å². The maximum absolute atomic E-state index is 13.0. The summed E-state index contributed by atoms with van der Waals surface area (Å²) in [4.78, 5) is 16.9. The standard InChI is InChI=1S/C23H24F3N5/c24-23(25,26)19-3-1-2-17(12-19)20-14-28-22(29-20)18-6-7-27-21(13-18)31-10-8-30(9-11-31)15-16-4-5-16/h1-3,6-7,12-14,16H,4-5,8-11,15H2,(H,28,29). The van der Waals surface area contributed by atoms with E-state index in [1.807, 2.05) is 12.1 Å². The molecule has 0 amide bonds. The van der Waals surface area contributed by atoms with Crippen molar-refractivity contribution in [1.82, 2.24) is 19.9 Å². The average Bonchev–Trinajstić information content (AvgIpc) is 3.45. The third-order valence-corrected chi connectivity index (χ3v) is 6.01. The van der Waals surface area contributed by atoms with Crippen molar-refractivity contribution in [3.63, 3.8) is 0 Å². The molecule has 8 heteroatoms. The molecule has 5 rings (SSSR count). The van der Waals surface area contributed by atoms with Gasteiger partial charge in [-0.3, -0.25) is 4.90 Å². The fourth-order valence-electron chi connectivity index (χ4n) is 4.04. The normalized spacial score (nSPS) is 17.8. The monoisotopic (exact) mass is 427 g/mol. The fraction of sp³-hybridized carbons (Fsp3) is 0.391. The van der Waals surface area contributed by atoms with Crippen LogP contribution in [0.1, 0.15) is 18.4 Å². The van der Waals surface area contributed by atoms with Crippen molar-refractivity contribution in [2.75, 3.05) is 37.6 Å². The summed E-state index contributed by atoms with van der Waals surface area (Å²) < 4.78 is 39.1. The first-order valence-electron chi connectivity index (χ1n) is 10.6. The topological polar surface area (TPSA) is 48.1 Å². The number of hydrogen-bond acceptors (Lipinski definition) is 4. The molecule has 3 aromatic rings. The summed E-state index contributed by atoms with van der Waals surface area (Å²) in [5, 5.41) is 0. The summed E-state index contributed by atoms with van der Waals surface area (Å²) in [7, 11) is 0. The van der Waals surface area contributed by atoms with Crippen molar-refractivity contribution in [1.29, 1.82) is 0 Å². The molecule has 2 aliphatic rings. The zero-order chi connectivity index (χ0) is 21.4. The molecule has 1 saturated heterocycles. The van der Waals surface area contributed by atoms with Crippen LogP contribution >= 0.6 is 0 Å². The van der Waals surface area contributed by atoms with Gasteiger partial charge < -0.3 is 9.88 Å². The molecule has 0 radical (unpaired) electrons. The van der Waals surface area contributed by atoms with Gasteiger partial charge in [-0.25, -0.2) is 9.97 Å². The molecule has 0 spiro atoms. The Morgan fingerprint density at radius 3 is 2.52 bits per heavy atom. The first-order valence-corrected chi connectivity index (χ1v) is 10.6. The fourth-order valence-corrected chi connectivity index (χ4v) is 4.04.